The second kappa shape index (κ2) is 6.77. The highest BCUT2D eigenvalue weighted by atomic mass is 16.6. The number of anilines is 1. The Hall–Kier alpha value is -2.86. The van der Waals surface area contributed by atoms with Crippen LogP contribution in [0.5, 0.6) is 0 Å². The van der Waals surface area contributed by atoms with E-state index >= 15 is 0 Å². The summed E-state index contributed by atoms with van der Waals surface area (Å²) >= 11 is 0. The van der Waals surface area contributed by atoms with E-state index in [1.54, 1.807) is 0 Å². The molecule has 0 saturated carbocycles. The van der Waals surface area contributed by atoms with Crippen molar-refractivity contribution < 1.29 is 19.9 Å². The number of benzene rings is 1. The summed E-state index contributed by atoms with van der Waals surface area (Å²) in [5, 5.41) is 38.8. The number of nitrogens with two attached hydrogens (primary N) is 1. The van der Waals surface area contributed by atoms with Crippen LogP contribution in [-0.2, 0) is 0 Å². The van der Waals surface area contributed by atoms with Crippen molar-refractivity contribution in [3.05, 3.63) is 42.5 Å². The Bertz CT molecular complexity index is 517. The van der Waals surface area contributed by atoms with Gasteiger partial charge in [-0.2, -0.15) is 0 Å². The molecule has 0 aliphatic heterocycles. The van der Waals surface area contributed by atoms with E-state index in [-0.39, 0.29) is 5.69 Å². The van der Waals surface area contributed by atoms with Gasteiger partial charge in [0, 0.05) is 13.2 Å². The summed E-state index contributed by atoms with van der Waals surface area (Å²) in [6, 6.07) is 1.68. The summed E-state index contributed by atoms with van der Waals surface area (Å²) in [6.45, 7) is 0. The van der Waals surface area contributed by atoms with Crippen LogP contribution < -0.4 is 11.3 Å². The SMILES string of the molecule is CO.NNc1ccc([N+](=O)[O-])c([N+](=O)[O-])c1[N+](=O)[O-]. The standard InChI is InChI=1S/C6H5N5O6.CH4O/c7-8-3-1-2-4(9(12)13)6(11(16)17)5(3)10(14)15;1-2/h1-2,8H,7H2;2H,1H3. The maximum atomic E-state index is 10.7. The van der Waals surface area contributed by atoms with Crippen LogP contribution >= 0.6 is 0 Å². The molecule has 1 rings (SSSR count). The number of nitrogen functional groups attached to an aromatic ring is 1. The zero-order valence-corrected chi connectivity index (χ0v) is 9.47. The molecule has 0 fully saturated rings. The molecule has 4 N–H and O–H groups in total. The number of nitrogens with one attached hydrogen (secondary N) is 1. The highest BCUT2D eigenvalue weighted by Gasteiger charge is 2.38. The van der Waals surface area contributed by atoms with Crippen molar-refractivity contribution in [3.63, 3.8) is 0 Å². The lowest BCUT2D eigenvalue weighted by Gasteiger charge is -2.02. The third-order valence-corrected chi connectivity index (χ3v) is 1.85. The van der Waals surface area contributed by atoms with E-state index in [4.69, 9.17) is 10.9 Å². The lowest BCUT2D eigenvalue weighted by atomic mass is 10.2. The number of aliphatic hydroxyl groups excluding tert-OH is 1. The van der Waals surface area contributed by atoms with Crippen molar-refractivity contribution >= 4 is 22.7 Å². The lowest BCUT2D eigenvalue weighted by molar-refractivity contribution is -0.440. The zero-order chi connectivity index (χ0) is 15.2. The average Bonchev–Trinajstić information content (AvgIpc) is 2.38. The highest BCUT2D eigenvalue weighted by molar-refractivity contribution is 5.78. The molecule has 0 atom stereocenters. The summed E-state index contributed by atoms with van der Waals surface area (Å²) in [4.78, 5) is 28.5. The largest absolute Gasteiger partial charge is 0.424 e. The molecule has 1 aromatic rings. The minimum absolute atomic E-state index is 0.382. The first-order chi connectivity index (χ1) is 8.90. The van der Waals surface area contributed by atoms with Crippen LogP contribution in [0, 0.1) is 30.3 Å². The molecule has 0 aliphatic rings. The summed E-state index contributed by atoms with van der Waals surface area (Å²) in [5.41, 5.74) is -1.75. The van der Waals surface area contributed by atoms with Gasteiger partial charge < -0.3 is 10.5 Å². The molecule has 0 unspecified atom stereocenters. The molecule has 12 heteroatoms. The second-order valence-corrected chi connectivity index (χ2v) is 2.75. The van der Waals surface area contributed by atoms with Crippen molar-refractivity contribution in [2.45, 2.75) is 0 Å². The van der Waals surface area contributed by atoms with Gasteiger partial charge in [0.15, 0.2) is 0 Å². The van der Waals surface area contributed by atoms with Crippen molar-refractivity contribution in [2.24, 2.45) is 5.84 Å². The minimum atomic E-state index is -1.21. The third kappa shape index (κ3) is 3.30. The Labute approximate surface area is 104 Å². The molecule has 19 heavy (non-hydrogen) atoms. The third-order valence-electron chi connectivity index (χ3n) is 1.85. The predicted octanol–water partition coefficient (Wildman–Crippen LogP) is 0.305. The van der Waals surface area contributed by atoms with Crippen LogP contribution in [0.2, 0.25) is 0 Å². The van der Waals surface area contributed by atoms with Gasteiger partial charge in [0.2, 0.25) is 0 Å². The molecule has 12 nitrogen and oxygen atoms in total. The van der Waals surface area contributed by atoms with Gasteiger partial charge >= 0.3 is 17.1 Å². The van der Waals surface area contributed by atoms with Crippen LogP contribution in [0.1, 0.15) is 0 Å². The second-order valence-electron chi connectivity index (χ2n) is 2.75. The van der Waals surface area contributed by atoms with Crippen molar-refractivity contribution in [1.29, 1.82) is 0 Å². The maximum absolute atomic E-state index is 10.7. The smallest absolute Gasteiger partial charge is 0.400 e. The monoisotopic (exact) mass is 275 g/mol. The molecule has 0 saturated heterocycles. The Morgan fingerprint density at radius 1 is 1.00 bits per heavy atom. The van der Waals surface area contributed by atoms with Gasteiger partial charge in [0.25, 0.3) is 0 Å². The fraction of sp³-hybridized carbons (Fsp3) is 0.143. The molecule has 0 spiro atoms. The Morgan fingerprint density at radius 2 is 1.47 bits per heavy atom. The van der Waals surface area contributed by atoms with Gasteiger partial charge in [-0.25, -0.2) is 0 Å². The molecule has 0 aromatic heterocycles. The molecule has 104 valence electrons. The number of hydrazine groups is 1. The number of hydrogen-bond donors (Lipinski definition) is 3. The Morgan fingerprint density at radius 3 is 1.79 bits per heavy atom. The van der Waals surface area contributed by atoms with Gasteiger partial charge in [0.1, 0.15) is 5.69 Å². The first-order valence-corrected chi connectivity index (χ1v) is 4.41. The topological polar surface area (TPSA) is 188 Å². The van der Waals surface area contributed by atoms with E-state index in [1.165, 1.54) is 0 Å². The first-order valence-electron chi connectivity index (χ1n) is 4.41. The summed E-state index contributed by atoms with van der Waals surface area (Å²) in [5.74, 6) is 4.94. The molecule has 1 aromatic carbocycles. The fourth-order valence-electron chi connectivity index (χ4n) is 1.20. The zero-order valence-electron chi connectivity index (χ0n) is 9.47. The summed E-state index contributed by atoms with van der Waals surface area (Å²) < 4.78 is 0. The van der Waals surface area contributed by atoms with E-state index < -0.39 is 31.8 Å². The number of nitro benzene ring substituents is 3. The Balaban J connectivity index is 0.00000154. The normalized spacial score (nSPS) is 9.00. The van der Waals surface area contributed by atoms with Gasteiger partial charge in [-0.3, -0.25) is 36.2 Å². The van der Waals surface area contributed by atoms with E-state index in [1.807, 2.05) is 5.43 Å². The number of nitro groups is 3. The summed E-state index contributed by atoms with van der Waals surface area (Å²) in [6.07, 6.45) is 0. The first kappa shape index (κ1) is 16.1. The van der Waals surface area contributed by atoms with Gasteiger partial charge in [0.05, 0.1) is 14.8 Å². The average molecular weight is 275 g/mol. The number of nitrogens with zero attached hydrogens (tertiary/aromatic N) is 3. The molecule has 0 aliphatic carbocycles. The summed E-state index contributed by atoms with van der Waals surface area (Å²) in [7, 11) is 1.00. The fourth-order valence-corrected chi connectivity index (χ4v) is 1.20. The predicted molar refractivity (Wildman–Crippen MR) is 62.4 cm³/mol. The van der Waals surface area contributed by atoms with Crippen molar-refractivity contribution in [3.8, 4) is 0 Å². The number of rotatable bonds is 4. The van der Waals surface area contributed by atoms with E-state index in [0.717, 1.165) is 19.2 Å². The number of hydrogen-bond acceptors (Lipinski definition) is 9. The minimum Gasteiger partial charge on any atom is -0.400 e. The van der Waals surface area contributed by atoms with Crippen LogP contribution in [0.15, 0.2) is 12.1 Å². The van der Waals surface area contributed by atoms with Gasteiger partial charge in [-0.05, 0) is 6.07 Å². The molecule has 0 amide bonds. The van der Waals surface area contributed by atoms with Gasteiger partial charge in [-0.15, -0.1) is 0 Å². The molecular weight excluding hydrogens is 266 g/mol. The Kier molecular flexibility index (Phi) is 5.75. The quantitative estimate of drug-likeness (QED) is 0.394. The highest BCUT2D eigenvalue weighted by Crippen LogP contribution is 2.41. The maximum Gasteiger partial charge on any atom is 0.424 e. The van der Waals surface area contributed by atoms with E-state index in [2.05, 4.69) is 0 Å². The van der Waals surface area contributed by atoms with Gasteiger partial charge in [-0.1, -0.05) is 0 Å². The molecule has 0 heterocycles. The molecule has 0 bridgehead atoms. The van der Waals surface area contributed by atoms with E-state index in [0.29, 0.717) is 0 Å². The van der Waals surface area contributed by atoms with E-state index in [9.17, 15) is 30.3 Å². The van der Waals surface area contributed by atoms with Crippen LogP contribution in [-0.4, -0.2) is 27.0 Å². The molecular formula is C7H9N5O7. The van der Waals surface area contributed by atoms with Crippen LogP contribution in [0.25, 0.3) is 0 Å². The lowest BCUT2D eigenvalue weighted by Crippen LogP contribution is -2.11. The van der Waals surface area contributed by atoms with Crippen LogP contribution in [0.4, 0.5) is 22.7 Å². The van der Waals surface area contributed by atoms with Crippen molar-refractivity contribution in [1.82, 2.24) is 0 Å². The number of aliphatic hydroxyl groups is 1. The van der Waals surface area contributed by atoms with Crippen molar-refractivity contribution in [2.75, 3.05) is 12.5 Å². The molecule has 0 radical (unpaired) electrons. The van der Waals surface area contributed by atoms with Crippen LogP contribution in [0.3, 0.4) is 0 Å².